The number of alkyl halides is 2. The van der Waals surface area contributed by atoms with Crippen molar-refractivity contribution in [2.45, 2.75) is 38.7 Å². The van der Waals surface area contributed by atoms with Crippen molar-refractivity contribution >= 4 is 0 Å². The number of aryl methyl sites for hydroxylation is 1. The highest BCUT2D eigenvalue weighted by atomic mass is 19.3. The third-order valence-electron chi connectivity index (χ3n) is 7.51. The molecule has 0 amide bonds. The van der Waals surface area contributed by atoms with Gasteiger partial charge in [-0.2, -0.15) is 8.78 Å². The summed E-state index contributed by atoms with van der Waals surface area (Å²) in [5.74, 6) is -12.2. The van der Waals surface area contributed by atoms with E-state index in [4.69, 9.17) is 0 Å². The molecule has 0 radical (unpaired) electrons. The fraction of sp³-hybridized carbons (Fsp3) is 0.167. The van der Waals surface area contributed by atoms with Crippen molar-refractivity contribution in [2.24, 2.45) is 0 Å². The Labute approximate surface area is 263 Å². The Kier molecular flexibility index (Phi) is 9.65. The average molecular weight is 663 g/mol. The molecule has 5 aromatic rings. The molecular formula is C36H24F10O. The molecule has 0 N–H and O–H groups in total. The van der Waals surface area contributed by atoms with E-state index >= 15 is 8.78 Å². The second-order valence-corrected chi connectivity index (χ2v) is 10.8. The first-order valence-electron chi connectivity index (χ1n) is 14.4. The summed E-state index contributed by atoms with van der Waals surface area (Å²) in [4.78, 5) is 0. The number of unbranched alkanes of at least 4 members (excludes halogenated alkanes) is 2. The van der Waals surface area contributed by atoms with Crippen LogP contribution in [-0.4, -0.2) is 0 Å². The standard InChI is InChI=1S/C36H24F10O/c1-2-3-4-5-19-6-9-25(27(37)12-19)21-14-30(40)34(31(41)15-21)36(45,46)47-23-8-11-24(29(39)18-23)20-7-10-26(28(38)13-20)22-16-32(42)35(44)33(43)17-22/h6-18H,2-5H2,1H3. The minimum atomic E-state index is -4.64. The molecule has 0 aliphatic rings. The van der Waals surface area contributed by atoms with Crippen LogP contribution < -0.4 is 4.74 Å². The van der Waals surface area contributed by atoms with Gasteiger partial charge >= 0.3 is 6.11 Å². The fourth-order valence-electron chi connectivity index (χ4n) is 5.15. The predicted octanol–water partition coefficient (Wildman–Crippen LogP) is 11.7. The van der Waals surface area contributed by atoms with Crippen LogP contribution in [0.2, 0.25) is 0 Å². The lowest BCUT2D eigenvalue weighted by atomic mass is 9.98. The van der Waals surface area contributed by atoms with E-state index in [1.165, 1.54) is 18.2 Å². The van der Waals surface area contributed by atoms with Crippen molar-refractivity contribution in [1.29, 1.82) is 0 Å². The molecule has 0 fully saturated rings. The molecule has 0 aliphatic heterocycles. The van der Waals surface area contributed by atoms with E-state index in [1.54, 1.807) is 6.07 Å². The van der Waals surface area contributed by atoms with E-state index < -0.39 is 64.0 Å². The van der Waals surface area contributed by atoms with Gasteiger partial charge in [0.25, 0.3) is 0 Å². The SMILES string of the molecule is CCCCCc1ccc(-c2cc(F)c(C(F)(F)Oc3ccc(-c4ccc(-c5cc(F)c(F)c(F)c5)c(F)c4)c(F)c3)c(F)c2)c(F)c1. The van der Waals surface area contributed by atoms with Crippen LogP contribution in [0.15, 0.2) is 78.9 Å². The number of halogens is 10. The summed E-state index contributed by atoms with van der Waals surface area (Å²) in [7, 11) is 0. The Hall–Kier alpha value is -4.80. The van der Waals surface area contributed by atoms with E-state index in [0.29, 0.717) is 42.3 Å². The topological polar surface area (TPSA) is 9.23 Å². The van der Waals surface area contributed by atoms with Gasteiger partial charge in [-0.15, -0.1) is 0 Å². The molecule has 0 saturated carbocycles. The largest absolute Gasteiger partial charge is 0.432 e. The Morgan fingerprint density at radius 1 is 0.511 bits per heavy atom. The zero-order chi connectivity index (χ0) is 34.0. The molecular weight excluding hydrogens is 638 g/mol. The lowest BCUT2D eigenvalue weighted by Crippen LogP contribution is -2.25. The van der Waals surface area contributed by atoms with Crippen LogP contribution in [-0.2, 0) is 12.5 Å². The number of benzene rings is 5. The molecule has 0 spiro atoms. The fourth-order valence-corrected chi connectivity index (χ4v) is 5.15. The highest BCUT2D eigenvalue weighted by Gasteiger charge is 2.41. The minimum Gasteiger partial charge on any atom is -0.429 e. The summed E-state index contributed by atoms with van der Waals surface area (Å²) < 4.78 is 150. The van der Waals surface area contributed by atoms with Crippen LogP contribution in [0.1, 0.15) is 37.3 Å². The van der Waals surface area contributed by atoms with Gasteiger partial charge in [0, 0.05) is 22.8 Å². The average Bonchev–Trinajstić information content (AvgIpc) is 2.99. The molecule has 0 aromatic heterocycles. The second-order valence-electron chi connectivity index (χ2n) is 10.8. The van der Waals surface area contributed by atoms with Crippen LogP contribution in [0.4, 0.5) is 43.9 Å². The molecule has 0 bridgehead atoms. The van der Waals surface area contributed by atoms with E-state index in [-0.39, 0.29) is 33.4 Å². The highest BCUT2D eigenvalue weighted by Crippen LogP contribution is 2.39. The molecule has 0 heterocycles. The van der Waals surface area contributed by atoms with Gasteiger partial charge in [0.1, 0.15) is 40.4 Å². The van der Waals surface area contributed by atoms with Gasteiger partial charge in [-0.05, 0) is 83.6 Å². The molecule has 47 heavy (non-hydrogen) atoms. The molecule has 0 aliphatic carbocycles. The Bertz CT molecular complexity index is 1910. The van der Waals surface area contributed by atoms with Gasteiger partial charge in [-0.25, -0.2) is 35.1 Å². The first-order chi connectivity index (χ1) is 22.3. The molecule has 1 nitrogen and oxygen atoms in total. The van der Waals surface area contributed by atoms with Gasteiger partial charge < -0.3 is 4.74 Å². The normalized spacial score (nSPS) is 11.6. The first kappa shape index (κ1) is 33.6. The summed E-state index contributed by atoms with van der Waals surface area (Å²) in [5, 5.41) is 0. The highest BCUT2D eigenvalue weighted by molar-refractivity contribution is 5.72. The van der Waals surface area contributed by atoms with Crippen LogP contribution in [0.25, 0.3) is 33.4 Å². The van der Waals surface area contributed by atoms with Gasteiger partial charge in [-0.3, -0.25) is 0 Å². The van der Waals surface area contributed by atoms with Crippen LogP contribution in [0.3, 0.4) is 0 Å². The lowest BCUT2D eigenvalue weighted by molar-refractivity contribution is -0.189. The third-order valence-corrected chi connectivity index (χ3v) is 7.51. The summed E-state index contributed by atoms with van der Waals surface area (Å²) in [6, 6.07) is 11.7. The van der Waals surface area contributed by atoms with Crippen molar-refractivity contribution in [3.63, 3.8) is 0 Å². The smallest absolute Gasteiger partial charge is 0.429 e. The van der Waals surface area contributed by atoms with Crippen LogP contribution in [0.5, 0.6) is 5.75 Å². The zero-order valence-electron chi connectivity index (χ0n) is 24.5. The van der Waals surface area contributed by atoms with Crippen LogP contribution >= 0.6 is 0 Å². The number of ether oxygens (including phenoxy) is 1. The Balaban J connectivity index is 1.36. The quantitative estimate of drug-likeness (QED) is 0.0822. The van der Waals surface area contributed by atoms with Gasteiger partial charge in [0.2, 0.25) is 0 Å². The predicted molar refractivity (Wildman–Crippen MR) is 157 cm³/mol. The summed E-state index contributed by atoms with van der Waals surface area (Å²) in [6.45, 7) is 2.01. The molecule has 244 valence electrons. The van der Waals surface area contributed by atoms with E-state index in [1.807, 2.05) is 6.92 Å². The molecule has 0 saturated heterocycles. The van der Waals surface area contributed by atoms with Crippen molar-refractivity contribution in [3.05, 3.63) is 137 Å². The van der Waals surface area contributed by atoms with Crippen molar-refractivity contribution < 1.29 is 48.6 Å². The molecule has 0 atom stereocenters. The molecule has 11 heteroatoms. The van der Waals surface area contributed by atoms with E-state index in [9.17, 15) is 35.1 Å². The summed E-state index contributed by atoms with van der Waals surface area (Å²) in [5.41, 5.74) is -2.70. The number of rotatable bonds is 10. The number of hydrogen-bond acceptors (Lipinski definition) is 1. The van der Waals surface area contributed by atoms with Crippen molar-refractivity contribution in [1.82, 2.24) is 0 Å². The molecule has 5 rings (SSSR count). The molecule has 0 unspecified atom stereocenters. The summed E-state index contributed by atoms with van der Waals surface area (Å²) in [6.07, 6.45) is -1.31. The zero-order valence-corrected chi connectivity index (χ0v) is 24.5. The van der Waals surface area contributed by atoms with Crippen LogP contribution in [0, 0.1) is 46.5 Å². The Morgan fingerprint density at radius 3 is 1.55 bits per heavy atom. The Morgan fingerprint density at radius 2 is 1.00 bits per heavy atom. The van der Waals surface area contributed by atoms with Gasteiger partial charge in [0.15, 0.2) is 17.5 Å². The molecule has 5 aromatic carbocycles. The first-order valence-corrected chi connectivity index (χ1v) is 14.4. The minimum absolute atomic E-state index is 0.112. The van der Waals surface area contributed by atoms with E-state index in [2.05, 4.69) is 4.74 Å². The maximum atomic E-state index is 15.0. The number of hydrogen-bond donors (Lipinski definition) is 0. The van der Waals surface area contributed by atoms with Crippen molar-refractivity contribution in [2.75, 3.05) is 0 Å². The maximum absolute atomic E-state index is 15.0. The second kappa shape index (κ2) is 13.5. The van der Waals surface area contributed by atoms with Crippen molar-refractivity contribution in [3.8, 4) is 39.1 Å². The van der Waals surface area contributed by atoms with E-state index in [0.717, 1.165) is 43.5 Å². The van der Waals surface area contributed by atoms with Gasteiger partial charge in [-0.1, -0.05) is 44.0 Å². The lowest BCUT2D eigenvalue weighted by Gasteiger charge is -2.20. The van der Waals surface area contributed by atoms with Gasteiger partial charge in [0.05, 0.1) is 0 Å². The third kappa shape index (κ3) is 7.13. The monoisotopic (exact) mass is 662 g/mol. The maximum Gasteiger partial charge on any atom is 0.432 e. The summed E-state index contributed by atoms with van der Waals surface area (Å²) >= 11 is 0.